The van der Waals surface area contributed by atoms with Crippen LogP contribution in [0.4, 0.5) is 5.69 Å². The van der Waals surface area contributed by atoms with Gasteiger partial charge in [-0.2, -0.15) is 0 Å². The predicted octanol–water partition coefficient (Wildman–Crippen LogP) is 2.86. The van der Waals surface area contributed by atoms with Crippen molar-refractivity contribution in [1.29, 1.82) is 0 Å². The molecule has 2 rings (SSSR count). The van der Waals surface area contributed by atoms with Gasteiger partial charge in [-0.15, -0.1) is 0 Å². The number of hydrogen-bond donors (Lipinski definition) is 1. The molecule has 94 valence electrons. The van der Waals surface area contributed by atoms with Crippen molar-refractivity contribution in [3.63, 3.8) is 0 Å². The van der Waals surface area contributed by atoms with Crippen LogP contribution in [0.2, 0.25) is 0 Å². The van der Waals surface area contributed by atoms with Crippen LogP contribution >= 0.6 is 0 Å². The molecule has 0 bridgehead atoms. The van der Waals surface area contributed by atoms with Crippen molar-refractivity contribution < 1.29 is 4.79 Å². The van der Waals surface area contributed by atoms with Crippen molar-refractivity contribution in [3.05, 3.63) is 49.1 Å². The molecule has 0 saturated heterocycles. The zero-order valence-electron chi connectivity index (χ0n) is 10.4. The Morgan fingerprint density at radius 1 is 1.33 bits per heavy atom. The number of amides is 1. The minimum Gasteiger partial charge on any atom is -0.342 e. The van der Waals surface area contributed by atoms with Crippen LogP contribution in [-0.2, 0) is 4.79 Å². The standard InChI is InChI=1S/C14H17N3O/c1-2-5-13(17-10-3-4-11-17)14(18)16-12-6-8-15-9-7-12/h3-4,6-11,13H,2,5H2,1H3,(H,15,16,18). The van der Waals surface area contributed by atoms with Gasteiger partial charge in [0.25, 0.3) is 0 Å². The number of aromatic nitrogens is 2. The molecule has 2 heterocycles. The first-order valence-electron chi connectivity index (χ1n) is 6.14. The fourth-order valence-electron chi connectivity index (χ4n) is 1.91. The van der Waals surface area contributed by atoms with E-state index < -0.39 is 0 Å². The molecule has 2 aromatic heterocycles. The molecule has 4 heteroatoms. The van der Waals surface area contributed by atoms with Gasteiger partial charge >= 0.3 is 0 Å². The smallest absolute Gasteiger partial charge is 0.247 e. The van der Waals surface area contributed by atoms with E-state index in [1.54, 1.807) is 24.5 Å². The predicted molar refractivity (Wildman–Crippen MR) is 71.2 cm³/mol. The minimum atomic E-state index is -0.154. The lowest BCUT2D eigenvalue weighted by atomic mass is 10.1. The SMILES string of the molecule is CCCC(C(=O)Nc1ccncc1)n1cccc1. The Bertz CT molecular complexity index is 479. The zero-order valence-corrected chi connectivity index (χ0v) is 10.4. The third kappa shape index (κ3) is 2.97. The van der Waals surface area contributed by atoms with E-state index in [4.69, 9.17) is 0 Å². The molecule has 1 amide bonds. The summed E-state index contributed by atoms with van der Waals surface area (Å²) < 4.78 is 1.94. The van der Waals surface area contributed by atoms with Gasteiger partial charge in [0.2, 0.25) is 5.91 Å². The zero-order chi connectivity index (χ0) is 12.8. The summed E-state index contributed by atoms with van der Waals surface area (Å²) in [7, 11) is 0. The third-order valence-electron chi connectivity index (χ3n) is 2.80. The highest BCUT2D eigenvalue weighted by Crippen LogP contribution is 2.17. The van der Waals surface area contributed by atoms with Crippen LogP contribution in [0.5, 0.6) is 0 Å². The molecule has 0 aromatic carbocycles. The summed E-state index contributed by atoms with van der Waals surface area (Å²) in [5.74, 6) is 0.0132. The average molecular weight is 243 g/mol. The summed E-state index contributed by atoms with van der Waals surface area (Å²) in [5, 5.41) is 2.92. The van der Waals surface area contributed by atoms with Gasteiger partial charge in [0, 0.05) is 30.5 Å². The first-order valence-corrected chi connectivity index (χ1v) is 6.14. The van der Waals surface area contributed by atoms with Crippen molar-refractivity contribution >= 4 is 11.6 Å². The van der Waals surface area contributed by atoms with E-state index in [2.05, 4.69) is 17.2 Å². The molecule has 4 nitrogen and oxygen atoms in total. The summed E-state index contributed by atoms with van der Waals surface area (Å²) in [6.07, 6.45) is 8.97. The number of carbonyl (C=O) groups is 1. The van der Waals surface area contributed by atoms with Gasteiger partial charge in [0.05, 0.1) is 0 Å². The van der Waals surface area contributed by atoms with Crippen LogP contribution < -0.4 is 5.32 Å². The highest BCUT2D eigenvalue weighted by molar-refractivity contribution is 5.93. The van der Waals surface area contributed by atoms with Gasteiger partial charge in [0.15, 0.2) is 0 Å². The van der Waals surface area contributed by atoms with Crippen molar-refractivity contribution in [3.8, 4) is 0 Å². The number of nitrogens with one attached hydrogen (secondary N) is 1. The van der Waals surface area contributed by atoms with E-state index in [-0.39, 0.29) is 11.9 Å². The monoisotopic (exact) mass is 243 g/mol. The fourth-order valence-corrected chi connectivity index (χ4v) is 1.91. The Morgan fingerprint density at radius 3 is 2.61 bits per heavy atom. The van der Waals surface area contributed by atoms with Gasteiger partial charge < -0.3 is 9.88 Å². The number of pyridine rings is 1. The molecule has 0 aliphatic rings. The lowest BCUT2D eigenvalue weighted by Gasteiger charge is -2.17. The van der Waals surface area contributed by atoms with Crippen LogP contribution in [-0.4, -0.2) is 15.5 Å². The van der Waals surface area contributed by atoms with E-state index in [1.165, 1.54) is 0 Å². The normalized spacial score (nSPS) is 12.1. The topological polar surface area (TPSA) is 46.9 Å². The quantitative estimate of drug-likeness (QED) is 0.877. The van der Waals surface area contributed by atoms with Crippen molar-refractivity contribution in [1.82, 2.24) is 9.55 Å². The first kappa shape index (κ1) is 12.4. The fraction of sp³-hybridized carbons (Fsp3) is 0.286. The summed E-state index contributed by atoms with van der Waals surface area (Å²) in [4.78, 5) is 16.2. The van der Waals surface area contributed by atoms with E-state index in [0.717, 1.165) is 18.5 Å². The Hall–Kier alpha value is -2.10. The summed E-state index contributed by atoms with van der Waals surface area (Å²) in [6, 6.07) is 7.29. The number of carbonyl (C=O) groups excluding carboxylic acids is 1. The Morgan fingerprint density at radius 2 is 2.00 bits per heavy atom. The maximum Gasteiger partial charge on any atom is 0.247 e. The molecule has 1 atom stereocenters. The molecule has 1 N–H and O–H groups in total. The molecule has 0 saturated carbocycles. The lowest BCUT2D eigenvalue weighted by molar-refractivity contribution is -0.119. The number of hydrogen-bond acceptors (Lipinski definition) is 2. The molecular weight excluding hydrogens is 226 g/mol. The minimum absolute atomic E-state index is 0.0132. The van der Waals surface area contributed by atoms with Crippen molar-refractivity contribution in [2.75, 3.05) is 5.32 Å². The van der Waals surface area contributed by atoms with Gasteiger partial charge in [0.1, 0.15) is 6.04 Å². The largest absolute Gasteiger partial charge is 0.342 e. The second-order valence-corrected chi connectivity index (χ2v) is 4.16. The molecular formula is C14H17N3O. The van der Waals surface area contributed by atoms with Crippen LogP contribution in [0.25, 0.3) is 0 Å². The van der Waals surface area contributed by atoms with Gasteiger partial charge in [-0.3, -0.25) is 9.78 Å². The molecule has 18 heavy (non-hydrogen) atoms. The molecule has 0 aliphatic carbocycles. The van der Waals surface area contributed by atoms with Crippen molar-refractivity contribution in [2.24, 2.45) is 0 Å². The summed E-state index contributed by atoms with van der Waals surface area (Å²) in [6.45, 7) is 2.08. The summed E-state index contributed by atoms with van der Waals surface area (Å²) in [5.41, 5.74) is 0.781. The number of nitrogens with zero attached hydrogens (tertiary/aromatic N) is 2. The molecule has 0 spiro atoms. The van der Waals surface area contributed by atoms with E-state index in [0.29, 0.717) is 0 Å². The number of rotatable bonds is 5. The van der Waals surface area contributed by atoms with E-state index in [1.807, 2.05) is 29.1 Å². The van der Waals surface area contributed by atoms with E-state index >= 15 is 0 Å². The number of anilines is 1. The first-order chi connectivity index (χ1) is 8.81. The van der Waals surface area contributed by atoms with Crippen LogP contribution in [0.1, 0.15) is 25.8 Å². The van der Waals surface area contributed by atoms with E-state index in [9.17, 15) is 4.79 Å². The Kier molecular flexibility index (Phi) is 4.12. The molecule has 0 radical (unpaired) electrons. The molecule has 2 aromatic rings. The van der Waals surface area contributed by atoms with Crippen LogP contribution in [0, 0.1) is 0 Å². The summed E-state index contributed by atoms with van der Waals surface area (Å²) >= 11 is 0. The second-order valence-electron chi connectivity index (χ2n) is 4.16. The van der Waals surface area contributed by atoms with Crippen LogP contribution in [0.3, 0.4) is 0 Å². The molecule has 0 fully saturated rings. The Labute approximate surface area is 107 Å². The van der Waals surface area contributed by atoms with Gasteiger partial charge in [-0.1, -0.05) is 13.3 Å². The lowest BCUT2D eigenvalue weighted by Crippen LogP contribution is -2.25. The molecule has 0 aliphatic heterocycles. The Balaban J connectivity index is 2.09. The maximum atomic E-state index is 12.2. The van der Waals surface area contributed by atoms with Crippen molar-refractivity contribution in [2.45, 2.75) is 25.8 Å². The highest BCUT2D eigenvalue weighted by atomic mass is 16.2. The van der Waals surface area contributed by atoms with Gasteiger partial charge in [-0.25, -0.2) is 0 Å². The maximum absolute atomic E-state index is 12.2. The third-order valence-corrected chi connectivity index (χ3v) is 2.80. The second kappa shape index (κ2) is 6.00. The van der Waals surface area contributed by atoms with Crippen LogP contribution in [0.15, 0.2) is 49.1 Å². The average Bonchev–Trinajstić information content (AvgIpc) is 2.90. The highest BCUT2D eigenvalue weighted by Gasteiger charge is 2.18. The van der Waals surface area contributed by atoms with Gasteiger partial charge in [-0.05, 0) is 30.7 Å². The molecule has 1 unspecified atom stereocenters.